The molecule has 0 bridgehead atoms. The molecule has 3 aromatic rings. The maximum absolute atomic E-state index is 14.0. The fourth-order valence-corrected chi connectivity index (χ4v) is 4.25. The van der Waals surface area contributed by atoms with Gasteiger partial charge in [-0.25, -0.2) is 4.39 Å². The van der Waals surface area contributed by atoms with E-state index in [0.717, 1.165) is 38.3 Å². The highest BCUT2D eigenvalue weighted by molar-refractivity contribution is 7.90. The minimum atomic E-state index is -1.04. The molecule has 1 atom stereocenters. The van der Waals surface area contributed by atoms with Crippen LogP contribution in [0.3, 0.4) is 0 Å². The number of rotatable bonds is 6. The fraction of sp³-hybridized carbons (Fsp3) is 0.160. The van der Waals surface area contributed by atoms with E-state index in [9.17, 15) is 13.7 Å². The second-order valence-electron chi connectivity index (χ2n) is 7.41. The normalized spacial score (nSPS) is 15.3. The molecule has 1 unspecified atom stereocenters. The number of nitrogens with one attached hydrogen (secondary N) is 1. The van der Waals surface area contributed by atoms with Gasteiger partial charge in [0.05, 0.1) is 19.2 Å². The molecule has 4 nitrogen and oxygen atoms in total. The molecule has 0 fully saturated rings. The first-order chi connectivity index (χ1) is 14.9. The van der Waals surface area contributed by atoms with Crippen LogP contribution in [0, 0.1) is 5.82 Å². The largest absolute Gasteiger partial charge is 0.612 e. The number of carbonyl (C=O) groups is 1. The van der Waals surface area contributed by atoms with Crippen molar-refractivity contribution in [1.29, 1.82) is 0 Å². The van der Waals surface area contributed by atoms with Crippen molar-refractivity contribution in [2.75, 3.05) is 6.26 Å². The molecule has 1 heterocycles. The molecule has 4 rings (SSSR count). The highest BCUT2D eigenvalue weighted by Gasteiger charge is 2.25. The first-order valence-electron chi connectivity index (χ1n) is 9.87. The van der Waals surface area contributed by atoms with Crippen LogP contribution in [0.15, 0.2) is 75.7 Å². The summed E-state index contributed by atoms with van der Waals surface area (Å²) in [5.41, 5.74) is 5.29. The molecular weight excluding hydrogens is 413 g/mol. The van der Waals surface area contributed by atoms with Gasteiger partial charge in [0.25, 0.3) is 0 Å². The van der Waals surface area contributed by atoms with Crippen LogP contribution in [-0.4, -0.2) is 16.7 Å². The van der Waals surface area contributed by atoms with Gasteiger partial charge in [0, 0.05) is 0 Å². The molecule has 0 saturated heterocycles. The molecule has 31 heavy (non-hydrogen) atoms. The summed E-state index contributed by atoms with van der Waals surface area (Å²) < 4.78 is 30.9. The monoisotopic (exact) mass is 435 g/mol. The van der Waals surface area contributed by atoms with Crippen LogP contribution >= 0.6 is 0 Å². The van der Waals surface area contributed by atoms with E-state index in [1.165, 1.54) is 12.1 Å². The van der Waals surface area contributed by atoms with E-state index in [1.54, 1.807) is 30.7 Å². The molecule has 1 aliphatic rings. The zero-order valence-electron chi connectivity index (χ0n) is 17.3. The molecule has 0 radical (unpaired) electrons. The molecule has 1 N–H and O–H groups in total. The summed E-state index contributed by atoms with van der Waals surface area (Å²) in [6.07, 6.45) is 5.37. The molecule has 1 amide bonds. The molecule has 6 heteroatoms. The number of allylic oxidation sites excluding steroid dienone is 2. The fourth-order valence-electron chi connectivity index (χ4n) is 3.73. The Morgan fingerprint density at radius 1 is 1.16 bits per heavy atom. The lowest BCUT2D eigenvalue weighted by Crippen LogP contribution is -2.22. The van der Waals surface area contributed by atoms with E-state index >= 15 is 0 Å². The van der Waals surface area contributed by atoms with Gasteiger partial charge < -0.3 is 14.3 Å². The molecule has 0 aliphatic heterocycles. The van der Waals surface area contributed by atoms with Gasteiger partial charge in [-0.15, -0.1) is 0 Å². The van der Waals surface area contributed by atoms with Gasteiger partial charge in [-0.2, -0.15) is 0 Å². The zero-order valence-corrected chi connectivity index (χ0v) is 18.1. The highest BCUT2D eigenvalue weighted by atomic mass is 32.2. The number of amides is 1. The Bertz CT molecular complexity index is 1160. The standard InChI is InChI=1S/C25H22FNO3S/c1-16-22(12-17-5-8-20(9-6-17)31(2)29)21-10-7-18(26)13-24(21)23(16)14-25(28)27-15-19-4-3-11-30-19/h3-13H,14-15H2,1-2H3,(H,27,28)/b22-12+. The summed E-state index contributed by atoms with van der Waals surface area (Å²) in [5.74, 6) is 0.182. The Morgan fingerprint density at radius 3 is 2.61 bits per heavy atom. The van der Waals surface area contributed by atoms with Crippen LogP contribution < -0.4 is 5.32 Å². The molecule has 1 aromatic heterocycles. The zero-order chi connectivity index (χ0) is 22.0. The van der Waals surface area contributed by atoms with Gasteiger partial charge in [0.15, 0.2) is 4.90 Å². The maximum atomic E-state index is 14.0. The number of hydrogen-bond acceptors (Lipinski definition) is 3. The maximum Gasteiger partial charge on any atom is 0.224 e. The van der Waals surface area contributed by atoms with Crippen molar-refractivity contribution in [2.24, 2.45) is 0 Å². The Hall–Kier alpha value is -3.09. The van der Waals surface area contributed by atoms with Gasteiger partial charge in [-0.3, -0.25) is 4.79 Å². The molecule has 2 aromatic carbocycles. The summed E-state index contributed by atoms with van der Waals surface area (Å²) in [6, 6.07) is 15.7. The molecule has 158 valence electrons. The summed E-state index contributed by atoms with van der Waals surface area (Å²) in [7, 11) is 0. The van der Waals surface area contributed by atoms with Gasteiger partial charge in [-0.1, -0.05) is 6.07 Å². The number of fused-ring (bicyclic) bond motifs is 1. The number of benzene rings is 2. The van der Waals surface area contributed by atoms with Crippen LogP contribution in [0.4, 0.5) is 4.39 Å². The van der Waals surface area contributed by atoms with E-state index in [-0.39, 0.29) is 18.1 Å². The van der Waals surface area contributed by atoms with E-state index in [2.05, 4.69) is 5.32 Å². The Labute approximate surface area is 183 Å². The van der Waals surface area contributed by atoms with E-state index < -0.39 is 11.2 Å². The third kappa shape index (κ3) is 4.65. The predicted molar refractivity (Wildman–Crippen MR) is 121 cm³/mol. The predicted octanol–water partition coefficient (Wildman–Crippen LogP) is 5.19. The van der Waals surface area contributed by atoms with E-state index in [0.29, 0.717) is 12.3 Å². The van der Waals surface area contributed by atoms with Crippen molar-refractivity contribution in [2.45, 2.75) is 24.8 Å². The number of furan rings is 1. The smallest absolute Gasteiger partial charge is 0.224 e. The van der Waals surface area contributed by atoms with Crippen molar-refractivity contribution in [3.63, 3.8) is 0 Å². The topological polar surface area (TPSA) is 65.3 Å². The first kappa shape index (κ1) is 21.2. The van der Waals surface area contributed by atoms with Crippen LogP contribution in [0.25, 0.3) is 17.2 Å². The summed E-state index contributed by atoms with van der Waals surface area (Å²) in [5, 5.41) is 2.85. The number of hydrogen-bond donors (Lipinski definition) is 1. The molecule has 1 aliphatic carbocycles. The lowest BCUT2D eigenvalue weighted by Gasteiger charge is -2.07. The highest BCUT2D eigenvalue weighted by Crippen LogP contribution is 2.43. The Morgan fingerprint density at radius 2 is 1.94 bits per heavy atom. The Kier molecular flexibility index (Phi) is 6.11. The lowest BCUT2D eigenvalue weighted by molar-refractivity contribution is -0.120. The lowest BCUT2D eigenvalue weighted by atomic mass is 10.0. The van der Waals surface area contributed by atoms with Gasteiger partial charge in [0.1, 0.15) is 17.8 Å². The average molecular weight is 436 g/mol. The third-order valence-electron chi connectivity index (χ3n) is 5.35. The summed E-state index contributed by atoms with van der Waals surface area (Å²) in [4.78, 5) is 13.3. The van der Waals surface area contributed by atoms with Crippen molar-refractivity contribution >= 4 is 34.3 Å². The van der Waals surface area contributed by atoms with Gasteiger partial charge >= 0.3 is 0 Å². The van der Waals surface area contributed by atoms with Crippen LogP contribution in [-0.2, 0) is 22.5 Å². The number of carbonyl (C=O) groups excluding carboxylic acids is 1. The van der Waals surface area contributed by atoms with E-state index in [4.69, 9.17) is 4.42 Å². The number of halogens is 1. The molecule has 0 saturated carbocycles. The minimum Gasteiger partial charge on any atom is -0.612 e. The molecule has 0 spiro atoms. The van der Waals surface area contributed by atoms with Crippen molar-refractivity contribution in [3.8, 4) is 0 Å². The quantitative estimate of drug-likeness (QED) is 0.542. The third-order valence-corrected chi connectivity index (χ3v) is 6.29. The van der Waals surface area contributed by atoms with Crippen molar-refractivity contribution < 1.29 is 18.2 Å². The minimum absolute atomic E-state index is 0.147. The summed E-state index contributed by atoms with van der Waals surface area (Å²) in [6.45, 7) is 2.26. The molecular formula is C25H22FNO3S. The van der Waals surface area contributed by atoms with Crippen LogP contribution in [0.1, 0.15) is 35.8 Å². The summed E-state index contributed by atoms with van der Waals surface area (Å²) >= 11 is -1.04. The van der Waals surface area contributed by atoms with Crippen molar-refractivity contribution in [1.82, 2.24) is 5.32 Å². The average Bonchev–Trinajstić information content (AvgIpc) is 3.35. The van der Waals surface area contributed by atoms with E-state index in [1.807, 2.05) is 37.3 Å². The van der Waals surface area contributed by atoms with Crippen molar-refractivity contribution in [3.05, 3.63) is 94.7 Å². The SMILES string of the molecule is CC1=C(CC(=O)NCc2ccco2)c2cc(F)ccc2/C1=C/c1ccc([S+](C)[O-])cc1. The Balaban J connectivity index is 1.63. The van der Waals surface area contributed by atoms with Gasteiger partial charge in [-0.05, 0) is 106 Å². The van der Waals surface area contributed by atoms with Crippen LogP contribution in [0.2, 0.25) is 0 Å². The second kappa shape index (κ2) is 8.96. The first-order valence-corrected chi connectivity index (χ1v) is 11.4. The van der Waals surface area contributed by atoms with Gasteiger partial charge in [0.2, 0.25) is 5.91 Å². The second-order valence-corrected chi connectivity index (χ2v) is 8.79. The van der Waals surface area contributed by atoms with Crippen LogP contribution in [0.5, 0.6) is 0 Å².